The molecule has 0 radical (unpaired) electrons. The minimum Gasteiger partial charge on any atom is -0.482 e. The second kappa shape index (κ2) is 8.70. The van der Waals surface area contributed by atoms with Crippen LogP contribution < -0.4 is 15.2 Å². The molecular formula is C25H20ClN3O4S. The number of amides is 1. The highest BCUT2D eigenvalue weighted by molar-refractivity contribution is 7.17. The molecule has 1 aliphatic heterocycles. The van der Waals surface area contributed by atoms with E-state index in [1.54, 1.807) is 42.2 Å². The molecule has 0 saturated carbocycles. The van der Waals surface area contributed by atoms with Crippen LogP contribution in [0.1, 0.15) is 30.2 Å². The molecule has 0 bridgehead atoms. The van der Waals surface area contributed by atoms with E-state index in [1.807, 2.05) is 24.4 Å². The van der Waals surface area contributed by atoms with Gasteiger partial charge in [0, 0.05) is 28.1 Å². The molecule has 34 heavy (non-hydrogen) atoms. The summed E-state index contributed by atoms with van der Waals surface area (Å²) in [6.07, 6.45) is 1.42. The van der Waals surface area contributed by atoms with Gasteiger partial charge in [0.15, 0.2) is 12.4 Å². The number of carbonyl (C=O) groups excluding carboxylic acids is 2. The Morgan fingerprint density at radius 2 is 1.97 bits per heavy atom. The first-order chi connectivity index (χ1) is 16.4. The van der Waals surface area contributed by atoms with Gasteiger partial charge in [-0.1, -0.05) is 23.7 Å². The highest BCUT2D eigenvalue weighted by Crippen LogP contribution is 2.34. The van der Waals surface area contributed by atoms with Crippen LogP contribution in [0.15, 0.2) is 59.0 Å². The number of benzene rings is 2. The number of halogens is 1. The third-order valence-electron chi connectivity index (χ3n) is 5.97. The zero-order chi connectivity index (χ0) is 24.0. The van der Waals surface area contributed by atoms with Gasteiger partial charge in [-0.15, -0.1) is 11.3 Å². The number of likely N-dealkylation sites (N-methyl/N-ethyl adjacent to an activating group) is 1. The van der Waals surface area contributed by atoms with E-state index < -0.39 is 6.04 Å². The summed E-state index contributed by atoms with van der Waals surface area (Å²) in [7, 11) is 0. The van der Waals surface area contributed by atoms with Crippen molar-refractivity contribution in [3.63, 3.8) is 0 Å². The van der Waals surface area contributed by atoms with Gasteiger partial charge in [0.2, 0.25) is 0 Å². The van der Waals surface area contributed by atoms with Gasteiger partial charge in [-0.3, -0.25) is 19.0 Å². The van der Waals surface area contributed by atoms with Crippen LogP contribution in [0.2, 0.25) is 5.02 Å². The second-order valence-electron chi connectivity index (χ2n) is 7.94. The number of nitrogens with zero attached hydrogens (tertiary/aromatic N) is 3. The van der Waals surface area contributed by atoms with Gasteiger partial charge >= 0.3 is 0 Å². The Hall–Kier alpha value is -3.49. The standard InChI is InChI=1S/C25H20ClN3O4S/c1-3-28-19-10-16(6-9-20(19)33-11-21(28)30)23(31)14(2)29-13-27-24-22(25(29)32)18(12-34-24)15-4-7-17(26)8-5-15/h4-10,12-14H,3,11H2,1-2H3. The maximum Gasteiger partial charge on any atom is 0.265 e. The van der Waals surface area contributed by atoms with E-state index in [4.69, 9.17) is 16.3 Å². The van der Waals surface area contributed by atoms with Crippen molar-refractivity contribution in [2.75, 3.05) is 18.1 Å². The largest absolute Gasteiger partial charge is 0.482 e. The predicted octanol–water partition coefficient (Wildman–Crippen LogP) is 4.97. The van der Waals surface area contributed by atoms with Gasteiger partial charge in [0.1, 0.15) is 10.6 Å². The van der Waals surface area contributed by atoms with Crippen molar-refractivity contribution in [1.29, 1.82) is 0 Å². The Morgan fingerprint density at radius 3 is 2.71 bits per heavy atom. The van der Waals surface area contributed by atoms with E-state index in [2.05, 4.69) is 4.98 Å². The Bertz CT molecular complexity index is 1490. The molecule has 1 atom stereocenters. The molecule has 0 spiro atoms. The van der Waals surface area contributed by atoms with Crippen molar-refractivity contribution < 1.29 is 14.3 Å². The van der Waals surface area contributed by atoms with Crippen molar-refractivity contribution in [2.24, 2.45) is 0 Å². The zero-order valence-corrected chi connectivity index (χ0v) is 20.0. The average Bonchev–Trinajstić information content (AvgIpc) is 3.28. The van der Waals surface area contributed by atoms with Gasteiger partial charge < -0.3 is 9.64 Å². The van der Waals surface area contributed by atoms with Gasteiger partial charge in [-0.2, -0.15) is 0 Å². The highest BCUT2D eigenvalue weighted by atomic mass is 35.5. The summed E-state index contributed by atoms with van der Waals surface area (Å²) in [5.41, 5.74) is 2.26. The molecule has 1 aliphatic rings. The SMILES string of the molecule is CCN1C(=O)COc2ccc(C(=O)C(C)n3cnc4scc(-c5ccc(Cl)cc5)c4c3=O)cc21. The van der Waals surface area contributed by atoms with E-state index in [-0.39, 0.29) is 23.9 Å². The Balaban J connectivity index is 1.54. The Kier molecular flexibility index (Phi) is 5.71. The van der Waals surface area contributed by atoms with Crippen molar-refractivity contribution >= 4 is 50.5 Å². The van der Waals surface area contributed by atoms with E-state index in [1.165, 1.54) is 22.2 Å². The fourth-order valence-electron chi connectivity index (χ4n) is 4.13. The smallest absolute Gasteiger partial charge is 0.265 e. The summed E-state index contributed by atoms with van der Waals surface area (Å²) in [5, 5.41) is 2.96. The number of thiophene rings is 1. The fraction of sp³-hybridized carbons (Fsp3) is 0.200. The maximum atomic E-state index is 13.5. The molecular weight excluding hydrogens is 474 g/mol. The lowest BCUT2D eigenvalue weighted by atomic mass is 10.0. The van der Waals surface area contributed by atoms with Crippen molar-refractivity contribution in [1.82, 2.24) is 9.55 Å². The van der Waals surface area contributed by atoms with Crippen LogP contribution in [0.25, 0.3) is 21.3 Å². The normalized spacial score (nSPS) is 14.1. The quantitative estimate of drug-likeness (QED) is 0.367. The maximum absolute atomic E-state index is 13.5. The summed E-state index contributed by atoms with van der Waals surface area (Å²) in [6.45, 7) is 3.98. The van der Waals surface area contributed by atoms with Crippen LogP contribution in [-0.2, 0) is 4.79 Å². The third-order valence-corrected chi connectivity index (χ3v) is 7.11. The summed E-state index contributed by atoms with van der Waals surface area (Å²) in [4.78, 5) is 45.7. The lowest BCUT2D eigenvalue weighted by molar-refractivity contribution is -0.121. The predicted molar refractivity (Wildman–Crippen MR) is 133 cm³/mol. The summed E-state index contributed by atoms with van der Waals surface area (Å²) >= 11 is 7.39. The number of ether oxygens (including phenoxy) is 1. The van der Waals surface area contributed by atoms with E-state index in [0.29, 0.717) is 38.8 Å². The number of ketones is 1. The van der Waals surface area contributed by atoms with Gasteiger partial charge in [0.25, 0.3) is 11.5 Å². The molecule has 0 saturated heterocycles. The number of hydrogen-bond donors (Lipinski definition) is 0. The lowest BCUT2D eigenvalue weighted by Crippen LogP contribution is -2.38. The number of aromatic nitrogens is 2. The van der Waals surface area contributed by atoms with Crippen LogP contribution in [0.3, 0.4) is 0 Å². The summed E-state index contributed by atoms with van der Waals surface area (Å²) < 4.78 is 6.85. The van der Waals surface area contributed by atoms with Crippen LogP contribution in [-0.4, -0.2) is 34.4 Å². The first-order valence-electron chi connectivity index (χ1n) is 10.7. The molecule has 4 aromatic rings. The van der Waals surface area contributed by atoms with Crippen LogP contribution >= 0.6 is 22.9 Å². The number of anilines is 1. The fourth-order valence-corrected chi connectivity index (χ4v) is 5.17. The van der Waals surface area contributed by atoms with Crippen LogP contribution in [0, 0.1) is 0 Å². The number of fused-ring (bicyclic) bond motifs is 2. The van der Waals surface area contributed by atoms with E-state index in [0.717, 1.165) is 11.1 Å². The number of rotatable bonds is 5. The van der Waals surface area contributed by atoms with Gasteiger partial charge in [-0.25, -0.2) is 4.98 Å². The molecule has 172 valence electrons. The average molecular weight is 494 g/mol. The minimum absolute atomic E-state index is 0.0256. The first-order valence-corrected chi connectivity index (χ1v) is 12.0. The lowest BCUT2D eigenvalue weighted by Gasteiger charge is -2.28. The van der Waals surface area contributed by atoms with Gasteiger partial charge in [-0.05, 0) is 49.7 Å². The molecule has 7 nitrogen and oxygen atoms in total. The Morgan fingerprint density at radius 1 is 1.21 bits per heavy atom. The molecule has 1 unspecified atom stereocenters. The molecule has 0 N–H and O–H groups in total. The highest BCUT2D eigenvalue weighted by Gasteiger charge is 2.27. The van der Waals surface area contributed by atoms with Crippen LogP contribution in [0.5, 0.6) is 5.75 Å². The molecule has 9 heteroatoms. The molecule has 0 aliphatic carbocycles. The topological polar surface area (TPSA) is 81.5 Å². The molecule has 3 heterocycles. The Labute approximate surface area is 204 Å². The van der Waals surface area contributed by atoms with Gasteiger partial charge in [0.05, 0.1) is 23.4 Å². The number of Topliss-reactive ketones (excluding diaryl/α,β-unsaturated/α-hetero) is 1. The van der Waals surface area contributed by atoms with Crippen LogP contribution in [0.4, 0.5) is 5.69 Å². The van der Waals surface area contributed by atoms with Crippen molar-refractivity contribution in [2.45, 2.75) is 19.9 Å². The monoisotopic (exact) mass is 493 g/mol. The van der Waals surface area contributed by atoms with Crippen molar-refractivity contribution in [3.8, 4) is 16.9 Å². The van der Waals surface area contributed by atoms with E-state index in [9.17, 15) is 14.4 Å². The first kappa shape index (κ1) is 22.3. The molecule has 2 aromatic carbocycles. The molecule has 0 fully saturated rings. The molecule has 1 amide bonds. The molecule has 5 rings (SSSR count). The summed E-state index contributed by atoms with van der Waals surface area (Å²) in [6, 6.07) is 11.4. The zero-order valence-electron chi connectivity index (χ0n) is 18.4. The second-order valence-corrected chi connectivity index (χ2v) is 9.24. The van der Waals surface area contributed by atoms with Crippen molar-refractivity contribution in [3.05, 3.63) is 75.1 Å². The summed E-state index contributed by atoms with van der Waals surface area (Å²) in [5.74, 6) is 0.130. The number of carbonyl (C=O) groups is 2. The molecule has 2 aromatic heterocycles. The minimum atomic E-state index is -0.796. The number of hydrogen-bond acceptors (Lipinski definition) is 6. The third kappa shape index (κ3) is 3.69. The van der Waals surface area contributed by atoms with E-state index >= 15 is 0 Å².